The maximum absolute atomic E-state index is 14.7. The number of aromatic nitrogens is 1. The van der Waals surface area contributed by atoms with Gasteiger partial charge < -0.3 is 9.67 Å². The molecule has 4 aromatic rings. The van der Waals surface area contributed by atoms with Gasteiger partial charge in [0.15, 0.2) is 0 Å². The molecule has 0 atom stereocenters. The zero-order chi connectivity index (χ0) is 22.6. The highest BCUT2D eigenvalue weighted by atomic mass is 19.1. The normalized spacial score (nSPS) is 12.7. The quantitative estimate of drug-likeness (QED) is 0.411. The van der Waals surface area contributed by atoms with Crippen molar-refractivity contribution in [2.24, 2.45) is 4.99 Å². The standard InChI is InChI=1S/C26H20F2N2O2/c1-14(2)25-24(15-3-8-20(26(31)32)22(28)10-15)21-9-16-12-29-13-17(16)11-23(21)30(25)19-6-4-18(27)5-7-19/h3-11,13-14H,12H2,1-2H3,(H,31,32). The smallest absolute Gasteiger partial charge is 0.338 e. The van der Waals surface area contributed by atoms with Gasteiger partial charge in [-0.25, -0.2) is 13.6 Å². The Labute approximate surface area is 183 Å². The Morgan fingerprint density at radius 2 is 1.81 bits per heavy atom. The van der Waals surface area contributed by atoms with Crippen molar-refractivity contribution < 1.29 is 18.7 Å². The molecule has 2 heterocycles. The minimum absolute atomic E-state index is 0.0492. The molecular formula is C26H20F2N2O2. The SMILES string of the molecule is CC(C)c1c(-c2ccc(C(=O)O)c(F)c2)c2cc3c(cc2n1-c1ccc(F)cc1)C=NC3. The average Bonchev–Trinajstić information content (AvgIpc) is 3.34. The van der Waals surface area contributed by atoms with Gasteiger partial charge in [-0.05, 0) is 71.1 Å². The third kappa shape index (κ3) is 3.11. The monoisotopic (exact) mass is 430 g/mol. The van der Waals surface area contributed by atoms with E-state index in [2.05, 4.69) is 35.5 Å². The van der Waals surface area contributed by atoms with E-state index >= 15 is 0 Å². The van der Waals surface area contributed by atoms with Gasteiger partial charge in [0.2, 0.25) is 0 Å². The lowest BCUT2D eigenvalue weighted by Gasteiger charge is -2.16. The highest BCUT2D eigenvalue weighted by Crippen LogP contribution is 2.42. The van der Waals surface area contributed by atoms with Crippen molar-refractivity contribution in [1.82, 2.24) is 4.57 Å². The van der Waals surface area contributed by atoms with E-state index in [4.69, 9.17) is 0 Å². The molecule has 1 aromatic heterocycles. The zero-order valence-corrected chi connectivity index (χ0v) is 17.6. The van der Waals surface area contributed by atoms with Crippen LogP contribution in [-0.4, -0.2) is 21.9 Å². The summed E-state index contributed by atoms with van der Waals surface area (Å²) in [7, 11) is 0. The van der Waals surface area contributed by atoms with Gasteiger partial charge in [0, 0.05) is 28.5 Å². The summed E-state index contributed by atoms with van der Waals surface area (Å²) in [4.78, 5) is 15.7. The van der Waals surface area contributed by atoms with Crippen LogP contribution in [0.5, 0.6) is 0 Å². The van der Waals surface area contributed by atoms with Crippen LogP contribution in [0.4, 0.5) is 8.78 Å². The molecule has 0 saturated heterocycles. The Hall–Kier alpha value is -3.80. The predicted octanol–water partition coefficient (Wildman–Crippen LogP) is 6.33. The van der Waals surface area contributed by atoms with Gasteiger partial charge in [0.25, 0.3) is 0 Å². The van der Waals surface area contributed by atoms with Crippen molar-refractivity contribution in [2.45, 2.75) is 26.3 Å². The summed E-state index contributed by atoms with van der Waals surface area (Å²) in [6.45, 7) is 4.68. The van der Waals surface area contributed by atoms with Crippen molar-refractivity contribution in [3.63, 3.8) is 0 Å². The molecule has 0 saturated carbocycles. The second-order valence-corrected chi connectivity index (χ2v) is 8.26. The number of carbonyl (C=O) groups is 1. The van der Waals surface area contributed by atoms with E-state index in [0.29, 0.717) is 12.1 Å². The molecule has 32 heavy (non-hydrogen) atoms. The maximum atomic E-state index is 14.7. The molecule has 4 nitrogen and oxygen atoms in total. The average molecular weight is 430 g/mol. The Balaban J connectivity index is 1.89. The van der Waals surface area contributed by atoms with Crippen molar-refractivity contribution in [1.29, 1.82) is 0 Å². The first kappa shape index (κ1) is 20.1. The van der Waals surface area contributed by atoms with Crippen LogP contribution in [0.25, 0.3) is 27.7 Å². The lowest BCUT2D eigenvalue weighted by Crippen LogP contribution is -2.04. The molecule has 0 radical (unpaired) electrons. The molecule has 1 aliphatic rings. The minimum atomic E-state index is -1.30. The van der Waals surface area contributed by atoms with Crippen molar-refractivity contribution >= 4 is 23.1 Å². The Morgan fingerprint density at radius 1 is 1.06 bits per heavy atom. The van der Waals surface area contributed by atoms with E-state index in [1.54, 1.807) is 18.2 Å². The molecular weight excluding hydrogens is 410 g/mol. The summed E-state index contributed by atoms with van der Waals surface area (Å²) >= 11 is 0. The first-order valence-corrected chi connectivity index (χ1v) is 10.4. The number of aliphatic imine (C=N–C) groups is 1. The van der Waals surface area contributed by atoms with Crippen LogP contribution in [0.15, 0.2) is 59.6 Å². The lowest BCUT2D eigenvalue weighted by molar-refractivity contribution is 0.0692. The van der Waals surface area contributed by atoms with Crippen molar-refractivity contribution in [3.05, 3.63) is 88.6 Å². The predicted molar refractivity (Wildman–Crippen MR) is 121 cm³/mol. The molecule has 0 amide bonds. The second-order valence-electron chi connectivity index (χ2n) is 8.26. The topological polar surface area (TPSA) is 54.6 Å². The maximum Gasteiger partial charge on any atom is 0.338 e. The van der Waals surface area contributed by atoms with Gasteiger partial charge >= 0.3 is 5.97 Å². The molecule has 0 bridgehead atoms. The number of nitrogens with zero attached hydrogens (tertiary/aromatic N) is 2. The highest BCUT2D eigenvalue weighted by Gasteiger charge is 2.25. The molecule has 0 spiro atoms. The van der Waals surface area contributed by atoms with E-state index in [1.807, 2.05) is 6.21 Å². The number of rotatable bonds is 4. The van der Waals surface area contributed by atoms with E-state index in [0.717, 1.165) is 39.0 Å². The number of halogens is 2. The van der Waals surface area contributed by atoms with Crippen LogP contribution in [-0.2, 0) is 6.54 Å². The Morgan fingerprint density at radius 3 is 2.47 bits per heavy atom. The number of hydrogen-bond donors (Lipinski definition) is 1. The van der Waals surface area contributed by atoms with Gasteiger partial charge in [-0.3, -0.25) is 4.99 Å². The molecule has 1 aliphatic heterocycles. The van der Waals surface area contributed by atoms with Gasteiger partial charge in [-0.15, -0.1) is 0 Å². The van der Waals surface area contributed by atoms with Crippen LogP contribution in [0.3, 0.4) is 0 Å². The van der Waals surface area contributed by atoms with E-state index < -0.39 is 11.8 Å². The largest absolute Gasteiger partial charge is 0.478 e. The van der Waals surface area contributed by atoms with Crippen LogP contribution in [0.1, 0.15) is 46.9 Å². The Bertz CT molecular complexity index is 1420. The summed E-state index contributed by atoms with van der Waals surface area (Å²) in [5, 5.41) is 10.2. The molecule has 5 rings (SSSR count). The third-order valence-electron chi connectivity index (χ3n) is 5.88. The van der Waals surface area contributed by atoms with Crippen LogP contribution in [0, 0.1) is 11.6 Å². The summed E-state index contributed by atoms with van der Waals surface area (Å²) in [5.74, 6) is -2.36. The molecule has 1 N–H and O–H groups in total. The van der Waals surface area contributed by atoms with Gasteiger partial charge in [-0.1, -0.05) is 19.9 Å². The first-order chi connectivity index (χ1) is 15.3. The van der Waals surface area contributed by atoms with Crippen LogP contribution >= 0.6 is 0 Å². The summed E-state index contributed by atoms with van der Waals surface area (Å²) < 4.78 is 30.4. The second kappa shape index (κ2) is 7.41. The lowest BCUT2D eigenvalue weighted by atomic mass is 9.94. The summed E-state index contributed by atoms with van der Waals surface area (Å²) in [5.41, 5.74) is 5.81. The zero-order valence-electron chi connectivity index (χ0n) is 17.6. The van der Waals surface area contributed by atoms with Crippen LogP contribution < -0.4 is 0 Å². The van der Waals surface area contributed by atoms with E-state index in [1.165, 1.54) is 24.3 Å². The van der Waals surface area contributed by atoms with E-state index in [9.17, 15) is 18.7 Å². The fourth-order valence-corrected chi connectivity index (χ4v) is 4.48. The number of aromatic carboxylic acids is 1. The number of fused-ring (bicyclic) bond motifs is 2. The Kier molecular flexibility index (Phi) is 4.66. The molecule has 0 fully saturated rings. The van der Waals surface area contributed by atoms with E-state index in [-0.39, 0.29) is 17.3 Å². The number of benzene rings is 3. The fourth-order valence-electron chi connectivity index (χ4n) is 4.48. The molecule has 3 aromatic carbocycles. The van der Waals surface area contributed by atoms with Crippen molar-refractivity contribution in [3.8, 4) is 16.8 Å². The van der Waals surface area contributed by atoms with Crippen molar-refractivity contribution in [2.75, 3.05) is 0 Å². The molecule has 6 heteroatoms. The molecule has 0 unspecified atom stereocenters. The molecule has 160 valence electrons. The number of carboxylic acid groups (broad SMARTS) is 1. The van der Waals surface area contributed by atoms with Gasteiger partial charge in [0.1, 0.15) is 11.6 Å². The fraction of sp³-hybridized carbons (Fsp3) is 0.154. The van der Waals surface area contributed by atoms with Crippen LogP contribution in [0.2, 0.25) is 0 Å². The summed E-state index contributed by atoms with van der Waals surface area (Å²) in [6.07, 6.45) is 1.84. The third-order valence-corrected chi connectivity index (χ3v) is 5.88. The van der Waals surface area contributed by atoms with Gasteiger partial charge in [-0.2, -0.15) is 0 Å². The first-order valence-electron chi connectivity index (χ1n) is 10.4. The summed E-state index contributed by atoms with van der Waals surface area (Å²) in [6, 6.07) is 14.6. The number of hydrogen-bond acceptors (Lipinski definition) is 2. The molecule has 0 aliphatic carbocycles. The van der Waals surface area contributed by atoms with Gasteiger partial charge in [0.05, 0.1) is 17.6 Å². The highest BCUT2D eigenvalue weighted by molar-refractivity contribution is 6.03. The number of carboxylic acids is 1. The minimum Gasteiger partial charge on any atom is -0.478 e.